The average molecular weight is 458 g/mol. The Kier molecular flexibility index (Phi) is 5.52. The van der Waals surface area contributed by atoms with Gasteiger partial charge in [-0.25, -0.2) is 4.79 Å². The molecule has 1 atom stereocenters. The molecule has 5 nitrogen and oxygen atoms in total. The molecule has 162 valence electrons. The summed E-state index contributed by atoms with van der Waals surface area (Å²) >= 11 is 12.5. The van der Waals surface area contributed by atoms with Crippen LogP contribution in [0.2, 0.25) is 10.0 Å². The number of nitrogens with one attached hydrogen (secondary N) is 1. The van der Waals surface area contributed by atoms with Crippen molar-refractivity contribution in [2.24, 2.45) is 0 Å². The number of nitrogens with zero attached hydrogens (tertiary/aromatic N) is 2. The molecule has 0 aromatic heterocycles. The van der Waals surface area contributed by atoms with E-state index >= 15 is 0 Å². The highest BCUT2D eigenvalue weighted by Gasteiger charge is 2.36. The maximum absolute atomic E-state index is 12.9. The maximum atomic E-state index is 12.9. The molecule has 0 spiro atoms. The molecule has 0 saturated carbocycles. The zero-order valence-electron chi connectivity index (χ0n) is 18.0. The predicted octanol–water partition coefficient (Wildman–Crippen LogP) is 5.81. The number of hydrogen-bond acceptors (Lipinski definition) is 3. The molecule has 1 unspecified atom stereocenters. The molecule has 31 heavy (non-hydrogen) atoms. The van der Waals surface area contributed by atoms with Crippen molar-refractivity contribution in [1.29, 1.82) is 0 Å². The molecule has 4 rings (SSSR count). The summed E-state index contributed by atoms with van der Waals surface area (Å²) in [6, 6.07) is 10.6. The van der Waals surface area contributed by atoms with E-state index in [0.29, 0.717) is 16.0 Å². The second kappa shape index (κ2) is 7.88. The van der Waals surface area contributed by atoms with E-state index in [2.05, 4.69) is 38.0 Å². The number of carbonyl (C=O) groups is 2. The second-order valence-corrected chi connectivity index (χ2v) is 9.76. The van der Waals surface area contributed by atoms with Crippen LogP contribution in [-0.4, -0.2) is 29.4 Å². The van der Waals surface area contributed by atoms with Gasteiger partial charge >= 0.3 is 6.03 Å². The number of hydrogen-bond donors (Lipinski definition) is 1. The topological polar surface area (TPSA) is 52.7 Å². The van der Waals surface area contributed by atoms with E-state index in [1.54, 1.807) is 30.3 Å². The Morgan fingerprint density at radius 3 is 2.52 bits per heavy atom. The van der Waals surface area contributed by atoms with Crippen molar-refractivity contribution in [2.75, 3.05) is 11.9 Å². The molecular weight excluding hydrogens is 433 g/mol. The minimum atomic E-state index is -0.449. The highest BCUT2D eigenvalue weighted by Crippen LogP contribution is 2.44. The second-order valence-electron chi connectivity index (χ2n) is 8.92. The van der Waals surface area contributed by atoms with Crippen LogP contribution in [-0.2, 0) is 11.3 Å². The number of anilines is 1. The molecule has 7 heteroatoms. The van der Waals surface area contributed by atoms with Gasteiger partial charge in [-0.2, -0.15) is 0 Å². The number of amides is 3. The van der Waals surface area contributed by atoms with Gasteiger partial charge in [-0.3, -0.25) is 9.69 Å². The van der Waals surface area contributed by atoms with E-state index in [4.69, 9.17) is 23.2 Å². The van der Waals surface area contributed by atoms with Gasteiger partial charge in [0.25, 0.3) is 5.91 Å². The van der Waals surface area contributed by atoms with Crippen molar-refractivity contribution in [3.05, 3.63) is 68.8 Å². The predicted molar refractivity (Wildman–Crippen MR) is 125 cm³/mol. The van der Waals surface area contributed by atoms with E-state index in [0.717, 1.165) is 23.2 Å². The van der Waals surface area contributed by atoms with Crippen LogP contribution in [0, 0.1) is 0 Å². The van der Waals surface area contributed by atoms with Crippen molar-refractivity contribution < 1.29 is 9.59 Å². The fourth-order valence-electron chi connectivity index (χ4n) is 4.36. The van der Waals surface area contributed by atoms with Crippen LogP contribution in [0.4, 0.5) is 10.5 Å². The fraction of sp³-hybridized carbons (Fsp3) is 0.333. The maximum Gasteiger partial charge on any atom is 0.329 e. The molecule has 0 aliphatic carbocycles. The molecule has 1 N–H and O–H groups in total. The van der Waals surface area contributed by atoms with E-state index in [1.807, 2.05) is 12.1 Å². The highest BCUT2D eigenvalue weighted by atomic mass is 35.5. The molecule has 2 heterocycles. The molecule has 2 aromatic carbocycles. The van der Waals surface area contributed by atoms with E-state index in [1.165, 1.54) is 10.5 Å². The van der Waals surface area contributed by atoms with Gasteiger partial charge in [0.2, 0.25) is 0 Å². The lowest BCUT2D eigenvalue weighted by Crippen LogP contribution is -2.45. The number of carbonyl (C=O) groups excluding carboxylic acids is 2. The van der Waals surface area contributed by atoms with Gasteiger partial charge in [-0.1, -0.05) is 42.3 Å². The summed E-state index contributed by atoms with van der Waals surface area (Å²) in [6.07, 6.45) is 2.68. The quantitative estimate of drug-likeness (QED) is 0.467. The highest BCUT2D eigenvalue weighted by molar-refractivity contribution is 6.32. The monoisotopic (exact) mass is 457 g/mol. The standard InChI is InChI=1S/C24H25Cl2N3O2/c1-14-12-24(2,3)28(4)21-11-19(26)16(9-18(14)21)10-20-22(30)29(23(31)27-20)13-15-5-7-17(25)8-6-15/h5-11,14H,12-13H2,1-4H3,(H,27,31)/b20-10-. The lowest BCUT2D eigenvalue weighted by atomic mass is 9.80. The number of rotatable bonds is 3. The molecule has 0 bridgehead atoms. The van der Waals surface area contributed by atoms with Crippen molar-refractivity contribution >= 4 is 46.9 Å². The van der Waals surface area contributed by atoms with Crippen LogP contribution >= 0.6 is 23.2 Å². The SMILES string of the molecule is CC1CC(C)(C)N(C)c2cc(Cl)c(/C=C3\NC(=O)N(Cc4ccc(Cl)cc4)C3=O)cc21. The summed E-state index contributed by atoms with van der Waals surface area (Å²) in [4.78, 5) is 28.8. The Labute approximate surface area is 192 Å². The minimum Gasteiger partial charge on any atom is -0.369 e. The van der Waals surface area contributed by atoms with Crippen LogP contribution in [0.1, 0.15) is 49.8 Å². The molecule has 3 amide bonds. The van der Waals surface area contributed by atoms with Crippen LogP contribution < -0.4 is 10.2 Å². The number of urea groups is 1. The smallest absolute Gasteiger partial charge is 0.329 e. The molecular formula is C24H25Cl2N3O2. The molecule has 0 radical (unpaired) electrons. The number of halogens is 2. The Morgan fingerprint density at radius 2 is 1.84 bits per heavy atom. The Morgan fingerprint density at radius 1 is 1.16 bits per heavy atom. The average Bonchev–Trinajstić information content (AvgIpc) is 2.96. The van der Waals surface area contributed by atoms with Crippen molar-refractivity contribution in [3.63, 3.8) is 0 Å². The van der Waals surface area contributed by atoms with Crippen molar-refractivity contribution in [3.8, 4) is 0 Å². The summed E-state index contributed by atoms with van der Waals surface area (Å²) in [5.74, 6) is -0.0223. The first-order chi connectivity index (χ1) is 14.6. The largest absolute Gasteiger partial charge is 0.369 e. The van der Waals surface area contributed by atoms with Gasteiger partial charge < -0.3 is 10.2 Å². The fourth-order valence-corrected chi connectivity index (χ4v) is 4.70. The number of fused-ring (bicyclic) bond motifs is 1. The van der Waals surface area contributed by atoms with Gasteiger partial charge in [0.15, 0.2) is 0 Å². The van der Waals surface area contributed by atoms with Crippen molar-refractivity contribution in [1.82, 2.24) is 10.2 Å². The Bertz CT molecular complexity index is 1090. The third kappa shape index (κ3) is 4.04. The first-order valence-corrected chi connectivity index (χ1v) is 11.0. The first kappa shape index (κ1) is 21.7. The lowest BCUT2D eigenvalue weighted by molar-refractivity contribution is -0.123. The van der Waals surface area contributed by atoms with E-state index in [-0.39, 0.29) is 23.7 Å². The Hall–Kier alpha value is -2.50. The Balaban J connectivity index is 1.63. The first-order valence-electron chi connectivity index (χ1n) is 10.2. The molecule has 1 saturated heterocycles. The van der Waals surface area contributed by atoms with Gasteiger partial charge in [-0.15, -0.1) is 0 Å². The van der Waals surface area contributed by atoms with E-state index < -0.39 is 6.03 Å². The van der Waals surface area contributed by atoms with Gasteiger partial charge in [0, 0.05) is 28.3 Å². The van der Waals surface area contributed by atoms with Gasteiger partial charge in [0.05, 0.1) is 6.54 Å². The van der Waals surface area contributed by atoms with Gasteiger partial charge in [0.1, 0.15) is 5.70 Å². The third-order valence-electron chi connectivity index (χ3n) is 6.27. The number of benzene rings is 2. The van der Waals surface area contributed by atoms with Crippen LogP contribution in [0.15, 0.2) is 42.1 Å². The van der Waals surface area contributed by atoms with Crippen LogP contribution in [0.3, 0.4) is 0 Å². The van der Waals surface area contributed by atoms with Crippen LogP contribution in [0.5, 0.6) is 0 Å². The molecule has 1 fully saturated rings. The third-order valence-corrected chi connectivity index (χ3v) is 6.85. The summed E-state index contributed by atoms with van der Waals surface area (Å²) in [5.41, 5.74) is 4.08. The molecule has 2 aliphatic rings. The molecule has 2 aromatic rings. The number of imide groups is 1. The summed E-state index contributed by atoms with van der Waals surface area (Å²) in [7, 11) is 2.08. The summed E-state index contributed by atoms with van der Waals surface area (Å²) in [5, 5.41) is 3.82. The zero-order chi connectivity index (χ0) is 22.5. The lowest BCUT2D eigenvalue weighted by Gasteiger charge is -2.45. The van der Waals surface area contributed by atoms with E-state index in [9.17, 15) is 9.59 Å². The zero-order valence-corrected chi connectivity index (χ0v) is 19.5. The summed E-state index contributed by atoms with van der Waals surface area (Å²) < 4.78 is 0. The minimum absolute atomic E-state index is 0.0350. The van der Waals surface area contributed by atoms with Crippen LogP contribution in [0.25, 0.3) is 6.08 Å². The molecule has 2 aliphatic heterocycles. The van der Waals surface area contributed by atoms with Gasteiger partial charge in [-0.05, 0) is 73.2 Å². The normalized spacial score (nSPS) is 21.5. The summed E-state index contributed by atoms with van der Waals surface area (Å²) in [6.45, 7) is 6.82. The van der Waals surface area contributed by atoms with Crippen molar-refractivity contribution in [2.45, 2.75) is 45.2 Å².